The normalized spacial score (nSPS) is 34.2. The van der Waals surface area contributed by atoms with Crippen LogP contribution in [0.1, 0.15) is 43.6 Å². The summed E-state index contributed by atoms with van der Waals surface area (Å²) >= 11 is 0. The van der Waals surface area contributed by atoms with Crippen molar-refractivity contribution in [3.63, 3.8) is 0 Å². The van der Waals surface area contributed by atoms with E-state index >= 15 is 0 Å². The van der Waals surface area contributed by atoms with Gasteiger partial charge in [-0.05, 0) is 43.6 Å². The summed E-state index contributed by atoms with van der Waals surface area (Å²) in [6.45, 7) is 1.48. The van der Waals surface area contributed by atoms with Crippen molar-refractivity contribution in [2.45, 2.75) is 56.3 Å². The monoisotopic (exact) mass is 276 g/mol. The molecule has 1 saturated carbocycles. The van der Waals surface area contributed by atoms with Crippen molar-refractivity contribution in [1.82, 2.24) is 0 Å². The Bertz CT molecular complexity index is 400. The highest BCUT2D eigenvalue weighted by atomic mass is 16.5. The minimum absolute atomic E-state index is 0.0434. The Balaban J connectivity index is 1.55. The molecule has 3 rings (SSSR count). The molecule has 1 aliphatic carbocycles. The molecule has 0 radical (unpaired) electrons. The fourth-order valence-corrected chi connectivity index (χ4v) is 3.33. The molecule has 2 aliphatic rings. The van der Waals surface area contributed by atoms with Crippen molar-refractivity contribution in [1.29, 1.82) is 0 Å². The van der Waals surface area contributed by atoms with Crippen LogP contribution < -0.4 is 0 Å². The van der Waals surface area contributed by atoms with Crippen LogP contribution in [0.2, 0.25) is 0 Å². The lowest BCUT2D eigenvalue weighted by Gasteiger charge is -2.34. The molecular formula is C17H24O3. The Morgan fingerprint density at radius 1 is 1.15 bits per heavy atom. The van der Waals surface area contributed by atoms with Crippen LogP contribution in [0.5, 0.6) is 0 Å². The van der Waals surface area contributed by atoms with Gasteiger partial charge in [-0.3, -0.25) is 0 Å². The topological polar surface area (TPSA) is 38.7 Å². The lowest BCUT2D eigenvalue weighted by molar-refractivity contribution is -0.0893. The molecule has 110 valence electrons. The van der Waals surface area contributed by atoms with Crippen LogP contribution in [-0.4, -0.2) is 36.6 Å². The lowest BCUT2D eigenvalue weighted by atomic mass is 9.81. The van der Waals surface area contributed by atoms with Crippen LogP contribution >= 0.6 is 0 Å². The Kier molecular flexibility index (Phi) is 4.71. The van der Waals surface area contributed by atoms with E-state index in [9.17, 15) is 5.11 Å². The van der Waals surface area contributed by atoms with Gasteiger partial charge in [0.15, 0.2) is 0 Å². The van der Waals surface area contributed by atoms with Crippen LogP contribution in [0.4, 0.5) is 0 Å². The largest absolute Gasteiger partial charge is 0.390 e. The molecule has 1 heterocycles. The third kappa shape index (κ3) is 3.40. The number of benzene rings is 1. The fourth-order valence-electron chi connectivity index (χ4n) is 3.33. The van der Waals surface area contributed by atoms with Crippen molar-refractivity contribution in [2.75, 3.05) is 13.2 Å². The molecule has 1 N–H and O–H groups in total. The highest BCUT2D eigenvalue weighted by Crippen LogP contribution is 2.34. The Labute approximate surface area is 120 Å². The average molecular weight is 276 g/mol. The van der Waals surface area contributed by atoms with Gasteiger partial charge in [0.1, 0.15) is 0 Å². The van der Waals surface area contributed by atoms with Gasteiger partial charge >= 0.3 is 0 Å². The van der Waals surface area contributed by atoms with Crippen molar-refractivity contribution >= 4 is 0 Å². The van der Waals surface area contributed by atoms with Crippen LogP contribution in [-0.2, 0) is 9.47 Å². The molecule has 0 aromatic heterocycles. The Morgan fingerprint density at radius 3 is 2.75 bits per heavy atom. The second-order valence-electron chi connectivity index (χ2n) is 5.99. The molecule has 4 atom stereocenters. The predicted molar refractivity (Wildman–Crippen MR) is 77.8 cm³/mol. The molecule has 3 heteroatoms. The van der Waals surface area contributed by atoms with E-state index in [-0.39, 0.29) is 18.3 Å². The molecule has 20 heavy (non-hydrogen) atoms. The molecule has 1 aromatic carbocycles. The van der Waals surface area contributed by atoms with Gasteiger partial charge in [0.25, 0.3) is 0 Å². The quantitative estimate of drug-likeness (QED) is 0.919. The second kappa shape index (κ2) is 6.70. The average Bonchev–Trinajstić information content (AvgIpc) is 3.01. The van der Waals surface area contributed by atoms with E-state index in [4.69, 9.17) is 9.47 Å². The zero-order chi connectivity index (χ0) is 13.8. The number of hydrogen-bond acceptors (Lipinski definition) is 3. The summed E-state index contributed by atoms with van der Waals surface area (Å²) < 4.78 is 11.5. The highest BCUT2D eigenvalue weighted by molar-refractivity contribution is 5.20. The SMILES string of the molecule is OC1CCC(c2ccccc2)CC1OCC1CCCO1. The minimum atomic E-state index is -0.323. The Morgan fingerprint density at radius 2 is 2.00 bits per heavy atom. The Hall–Kier alpha value is -0.900. The first-order valence-corrected chi connectivity index (χ1v) is 7.79. The van der Waals surface area contributed by atoms with Crippen LogP contribution in [0.15, 0.2) is 30.3 Å². The number of aliphatic hydroxyl groups is 1. The summed E-state index contributed by atoms with van der Waals surface area (Å²) in [6.07, 6.45) is 4.88. The smallest absolute Gasteiger partial charge is 0.0841 e. The van der Waals surface area contributed by atoms with E-state index in [1.807, 2.05) is 6.07 Å². The summed E-state index contributed by atoms with van der Waals surface area (Å²) in [4.78, 5) is 0. The van der Waals surface area contributed by atoms with E-state index in [0.29, 0.717) is 12.5 Å². The van der Waals surface area contributed by atoms with Crippen molar-refractivity contribution in [3.05, 3.63) is 35.9 Å². The molecule has 1 aromatic rings. The van der Waals surface area contributed by atoms with Crippen molar-refractivity contribution in [3.8, 4) is 0 Å². The van der Waals surface area contributed by atoms with E-state index < -0.39 is 0 Å². The number of rotatable bonds is 4. The van der Waals surface area contributed by atoms with E-state index in [2.05, 4.69) is 24.3 Å². The molecular weight excluding hydrogens is 252 g/mol. The molecule has 4 unspecified atom stereocenters. The zero-order valence-electron chi connectivity index (χ0n) is 11.9. The molecule has 0 bridgehead atoms. The summed E-state index contributed by atoms with van der Waals surface area (Å²) in [5, 5.41) is 10.1. The predicted octanol–water partition coefficient (Wildman–Crippen LogP) is 2.88. The van der Waals surface area contributed by atoms with E-state index in [0.717, 1.165) is 38.7 Å². The van der Waals surface area contributed by atoms with Gasteiger partial charge in [-0.25, -0.2) is 0 Å². The standard InChI is InChI=1S/C17H24O3/c18-16-9-8-14(13-5-2-1-3-6-13)11-17(16)20-12-15-7-4-10-19-15/h1-3,5-6,14-18H,4,7-12H2. The summed E-state index contributed by atoms with van der Waals surface area (Å²) in [5.41, 5.74) is 1.37. The number of ether oxygens (including phenoxy) is 2. The van der Waals surface area contributed by atoms with Gasteiger partial charge in [0.2, 0.25) is 0 Å². The zero-order valence-corrected chi connectivity index (χ0v) is 11.9. The van der Waals surface area contributed by atoms with Crippen LogP contribution in [0.25, 0.3) is 0 Å². The first-order chi connectivity index (χ1) is 9.83. The summed E-state index contributed by atoms with van der Waals surface area (Å²) in [7, 11) is 0. The van der Waals surface area contributed by atoms with Gasteiger partial charge in [-0.15, -0.1) is 0 Å². The molecule has 0 amide bonds. The van der Waals surface area contributed by atoms with E-state index in [1.54, 1.807) is 0 Å². The maximum atomic E-state index is 10.1. The number of aliphatic hydroxyl groups excluding tert-OH is 1. The first-order valence-electron chi connectivity index (χ1n) is 7.79. The number of hydrogen-bond donors (Lipinski definition) is 1. The molecule has 0 spiro atoms. The van der Waals surface area contributed by atoms with Crippen molar-refractivity contribution in [2.24, 2.45) is 0 Å². The summed E-state index contributed by atoms with van der Waals surface area (Å²) in [5.74, 6) is 0.508. The van der Waals surface area contributed by atoms with Gasteiger partial charge in [0, 0.05) is 6.61 Å². The van der Waals surface area contributed by atoms with Gasteiger partial charge in [-0.2, -0.15) is 0 Å². The second-order valence-corrected chi connectivity index (χ2v) is 5.99. The van der Waals surface area contributed by atoms with Gasteiger partial charge in [-0.1, -0.05) is 30.3 Å². The fraction of sp³-hybridized carbons (Fsp3) is 0.647. The third-order valence-corrected chi connectivity index (χ3v) is 4.55. The molecule has 3 nitrogen and oxygen atoms in total. The highest BCUT2D eigenvalue weighted by Gasteiger charge is 2.31. The van der Waals surface area contributed by atoms with Gasteiger partial charge in [0.05, 0.1) is 24.9 Å². The van der Waals surface area contributed by atoms with Crippen LogP contribution in [0, 0.1) is 0 Å². The molecule has 1 aliphatic heterocycles. The maximum absolute atomic E-state index is 10.1. The first kappa shape index (κ1) is 14.1. The third-order valence-electron chi connectivity index (χ3n) is 4.55. The maximum Gasteiger partial charge on any atom is 0.0841 e. The molecule has 2 fully saturated rings. The van der Waals surface area contributed by atoms with Crippen molar-refractivity contribution < 1.29 is 14.6 Å². The van der Waals surface area contributed by atoms with E-state index in [1.165, 1.54) is 5.56 Å². The van der Waals surface area contributed by atoms with Gasteiger partial charge < -0.3 is 14.6 Å². The lowest BCUT2D eigenvalue weighted by Crippen LogP contribution is -2.37. The summed E-state index contributed by atoms with van der Waals surface area (Å²) in [6, 6.07) is 10.6. The van der Waals surface area contributed by atoms with Crippen LogP contribution in [0.3, 0.4) is 0 Å². The minimum Gasteiger partial charge on any atom is -0.390 e. The molecule has 1 saturated heterocycles.